The Kier molecular flexibility index (Phi) is 3.84. The largest absolute Gasteiger partial charge is 0.380 e. The van der Waals surface area contributed by atoms with E-state index in [0.717, 1.165) is 4.88 Å². The lowest BCUT2D eigenvalue weighted by atomic mass is 10.3. The third-order valence-electron chi connectivity index (χ3n) is 2.27. The van der Waals surface area contributed by atoms with E-state index >= 15 is 0 Å². The number of amides is 1. The van der Waals surface area contributed by atoms with Crippen LogP contribution in [0.25, 0.3) is 0 Å². The van der Waals surface area contributed by atoms with Gasteiger partial charge in [-0.15, -0.1) is 11.3 Å². The molecule has 1 amide bonds. The van der Waals surface area contributed by atoms with Crippen molar-refractivity contribution in [3.05, 3.63) is 50.9 Å². The van der Waals surface area contributed by atoms with Crippen LogP contribution in [0.4, 0.5) is 10.1 Å². The Morgan fingerprint density at radius 3 is 2.78 bits per heavy atom. The summed E-state index contributed by atoms with van der Waals surface area (Å²) in [5.74, 6) is -0.847. The first-order valence-electron chi connectivity index (χ1n) is 5.12. The average molecular weight is 285 g/mol. The Balaban J connectivity index is 2.04. The van der Waals surface area contributed by atoms with Crippen molar-refractivity contribution >= 4 is 34.5 Å². The number of carbonyl (C=O) groups is 1. The summed E-state index contributed by atoms with van der Waals surface area (Å²) in [5, 5.41) is 5.06. The molecular weight excluding hydrogens is 275 g/mol. The van der Waals surface area contributed by atoms with Gasteiger partial charge in [0, 0.05) is 27.5 Å². The Morgan fingerprint density at radius 2 is 2.17 bits per heavy atom. The van der Waals surface area contributed by atoms with Gasteiger partial charge in [-0.25, -0.2) is 4.39 Å². The number of benzene rings is 1. The van der Waals surface area contributed by atoms with Crippen molar-refractivity contribution in [3.63, 3.8) is 0 Å². The molecule has 0 radical (unpaired) electrons. The summed E-state index contributed by atoms with van der Waals surface area (Å²) >= 11 is 7.15. The van der Waals surface area contributed by atoms with Crippen LogP contribution in [0, 0.1) is 5.82 Å². The van der Waals surface area contributed by atoms with Crippen molar-refractivity contribution in [2.24, 2.45) is 5.73 Å². The van der Waals surface area contributed by atoms with Crippen molar-refractivity contribution in [1.82, 2.24) is 0 Å². The molecule has 94 valence electrons. The molecule has 0 saturated heterocycles. The van der Waals surface area contributed by atoms with Crippen LogP contribution in [0.3, 0.4) is 0 Å². The van der Waals surface area contributed by atoms with Crippen molar-refractivity contribution in [2.75, 3.05) is 5.32 Å². The van der Waals surface area contributed by atoms with Crippen LogP contribution >= 0.6 is 22.9 Å². The number of hydrogen-bond donors (Lipinski definition) is 2. The first-order chi connectivity index (χ1) is 8.54. The predicted octanol–water partition coefficient (Wildman–Crippen LogP) is 3.25. The number of carbonyl (C=O) groups excluding carboxylic acids is 1. The fourth-order valence-electron chi connectivity index (χ4n) is 1.45. The van der Waals surface area contributed by atoms with E-state index in [2.05, 4.69) is 5.32 Å². The molecule has 18 heavy (non-hydrogen) atoms. The molecule has 3 nitrogen and oxygen atoms in total. The molecule has 1 aromatic heterocycles. The number of nitrogens with two attached hydrogens (primary N) is 1. The van der Waals surface area contributed by atoms with Gasteiger partial charge < -0.3 is 11.1 Å². The zero-order chi connectivity index (χ0) is 13.1. The Morgan fingerprint density at radius 1 is 1.39 bits per heavy atom. The number of anilines is 1. The first kappa shape index (κ1) is 12.9. The number of thiophene rings is 1. The molecule has 3 N–H and O–H groups in total. The number of rotatable bonds is 4. The zero-order valence-electron chi connectivity index (χ0n) is 9.24. The summed E-state index contributed by atoms with van der Waals surface area (Å²) in [6.07, 6.45) is 0. The fraction of sp³-hybridized carbons (Fsp3) is 0.0833. The lowest BCUT2D eigenvalue weighted by Gasteiger charge is -2.05. The fourth-order valence-corrected chi connectivity index (χ4v) is 2.48. The molecule has 1 aromatic carbocycles. The maximum absolute atomic E-state index is 13.1. The SMILES string of the molecule is NC(=O)c1csc(CNc2cc(F)cc(Cl)c2)c1. The molecular formula is C12H10ClFN2OS. The summed E-state index contributed by atoms with van der Waals surface area (Å²) in [6, 6.07) is 5.94. The van der Waals surface area contributed by atoms with E-state index in [1.165, 1.54) is 23.5 Å². The van der Waals surface area contributed by atoms with Gasteiger partial charge in [-0.1, -0.05) is 11.6 Å². The molecule has 0 bridgehead atoms. The van der Waals surface area contributed by atoms with Gasteiger partial charge in [0.1, 0.15) is 5.82 Å². The van der Waals surface area contributed by atoms with Gasteiger partial charge in [-0.3, -0.25) is 4.79 Å². The van der Waals surface area contributed by atoms with Gasteiger partial charge in [0.2, 0.25) is 5.91 Å². The van der Waals surface area contributed by atoms with Crippen LogP contribution in [0.1, 0.15) is 15.2 Å². The highest BCUT2D eigenvalue weighted by Crippen LogP contribution is 2.20. The minimum atomic E-state index is -0.452. The minimum Gasteiger partial charge on any atom is -0.380 e. The summed E-state index contributed by atoms with van der Waals surface area (Å²) < 4.78 is 13.1. The molecule has 0 aliphatic rings. The highest BCUT2D eigenvalue weighted by molar-refractivity contribution is 7.10. The smallest absolute Gasteiger partial charge is 0.249 e. The van der Waals surface area contributed by atoms with Gasteiger partial charge in [0.05, 0.1) is 5.56 Å². The van der Waals surface area contributed by atoms with Gasteiger partial charge in [0.25, 0.3) is 0 Å². The van der Waals surface area contributed by atoms with Gasteiger partial charge in [0.15, 0.2) is 0 Å². The van der Waals surface area contributed by atoms with Crippen LogP contribution in [-0.2, 0) is 6.54 Å². The quantitative estimate of drug-likeness (QED) is 0.905. The standard InChI is InChI=1S/C12H10ClFN2OS/c13-8-2-9(14)4-10(3-8)16-5-11-1-7(6-18-11)12(15)17/h1-4,6,16H,5H2,(H2,15,17). The second-order valence-corrected chi connectivity index (χ2v) is 5.11. The highest BCUT2D eigenvalue weighted by atomic mass is 35.5. The van der Waals surface area contributed by atoms with E-state index in [4.69, 9.17) is 17.3 Å². The second kappa shape index (κ2) is 5.37. The number of hydrogen-bond acceptors (Lipinski definition) is 3. The van der Waals surface area contributed by atoms with Crippen LogP contribution in [-0.4, -0.2) is 5.91 Å². The van der Waals surface area contributed by atoms with E-state index < -0.39 is 11.7 Å². The molecule has 0 spiro atoms. The lowest BCUT2D eigenvalue weighted by molar-refractivity contribution is 0.100. The van der Waals surface area contributed by atoms with Crippen LogP contribution in [0.15, 0.2) is 29.6 Å². The molecule has 0 unspecified atom stereocenters. The molecule has 1 heterocycles. The van der Waals surface area contributed by atoms with Crippen LogP contribution in [0.2, 0.25) is 5.02 Å². The highest BCUT2D eigenvalue weighted by Gasteiger charge is 2.05. The average Bonchev–Trinajstić information content (AvgIpc) is 2.73. The second-order valence-electron chi connectivity index (χ2n) is 3.68. The van der Waals surface area contributed by atoms with Gasteiger partial charge >= 0.3 is 0 Å². The summed E-state index contributed by atoms with van der Waals surface area (Å²) in [5.41, 5.74) is 6.23. The zero-order valence-corrected chi connectivity index (χ0v) is 10.8. The van der Waals surface area contributed by atoms with Crippen molar-refractivity contribution in [3.8, 4) is 0 Å². The predicted molar refractivity (Wildman–Crippen MR) is 71.6 cm³/mol. The van der Waals surface area contributed by atoms with E-state index in [0.29, 0.717) is 22.8 Å². The Bertz CT molecular complexity index is 565. The van der Waals surface area contributed by atoms with Crippen LogP contribution in [0.5, 0.6) is 0 Å². The minimum absolute atomic E-state index is 0.335. The molecule has 0 saturated carbocycles. The number of primary amides is 1. The first-order valence-corrected chi connectivity index (χ1v) is 6.37. The maximum atomic E-state index is 13.1. The third-order valence-corrected chi connectivity index (χ3v) is 3.42. The normalized spacial score (nSPS) is 10.3. The third kappa shape index (κ3) is 3.21. The number of halogens is 2. The molecule has 2 rings (SSSR count). The molecule has 0 atom stereocenters. The molecule has 0 aliphatic carbocycles. The van der Waals surface area contributed by atoms with Gasteiger partial charge in [-0.2, -0.15) is 0 Å². The summed E-state index contributed by atoms with van der Waals surface area (Å²) in [6.45, 7) is 0.484. The number of nitrogens with one attached hydrogen (secondary N) is 1. The molecule has 0 aliphatic heterocycles. The van der Waals surface area contributed by atoms with E-state index in [9.17, 15) is 9.18 Å². The van der Waals surface area contributed by atoms with Crippen LogP contribution < -0.4 is 11.1 Å². The Labute approximate surface area is 112 Å². The van der Waals surface area contributed by atoms with Gasteiger partial charge in [-0.05, 0) is 24.3 Å². The molecule has 6 heteroatoms. The Hall–Kier alpha value is -1.59. The van der Waals surface area contributed by atoms with Crippen molar-refractivity contribution in [1.29, 1.82) is 0 Å². The molecule has 0 fully saturated rings. The lowest BCUT2D eigenvalue weighted by Crippen LogP contribution is -2.09. The van der Waals surface area contributed by atoms with E-state index in [1.807, 2.05) is 0 Å². The maximum Gasteiger partial charge on any atom is 0.249 e. The summed E-state index contributed by atoms with van der Waals surface area (Å²) in [7, 11) is 0. The van der Waals surface area contributed by atoms with Crippen molar-refractivity contribution in [2.45, 2.75) is 6.54 Å². The monoisotopic (exact) mass is 284 g/mol. The van der Waals surface area contributed by atoms with Crippen molar-refractivity contribution < 1.29 is 9.18 Å². The summed E-state index contributed by atoms with van der Waals surface area (Å²) in [4.78, 5) is 11.9. The topological polar surface area (TPSA) is 55.1 Å². The molecule has 2 aromatic rings. The van der Waals surface area contributed by atoms with E-state index in [1.54, 1.807) is 17.5 Å². The van der Waals surface area contributed by atoms with E-state index in [-0.39, 0.29) is 0 Å².